The first kappa shape index (κ1) is 41.7. The highest BCUT2D eigenvalue weighted by Crippen LogP contribution is 2.38. The maximum Gasteiger partial charge on any atom is 0.407 e. The number of H-pyrrole nitrogens is 2. The number of rotatable bonds is 13. The van der Waals surface area contributed by atoms with E-state index < -0.39 is 24.3 Å². The van der Waals surface area contributed by atoms with Crippen LogP contribution in [0.4, 0.5) is 9.59 Å². The highest BCUT2D eigenvalue weighted by atomic mass is 16.5. The van der Waals surface area contributed by atoms with Crippen LogP contribution in [0.5, 0.6) is 0 Å². The van der Waals surface area contributed by atoms with E-state index in [0.717, 1.165) is 33.6 Å². The molecule has 0 saturated carbocycles. The Morgan fingerprint density at radius 1 is 0.750 bits per heavy atom. The Hall–Kier alpha value is -6.48. The fourth-order valence-electron chi connectivity index (χ4n) is 8.42. The number of nitrogens with one attached hydrogen (secondary N) is 4. The van der Waals surface area contributed by atoms with Gasteiger partial charge in [0.1, 0.15) is 23.7 Å². The predicted molar refractivity (Wildman–Crippen MR) is 224 cm³/mol. The summed E-state index contributed by atoms with van der Waals surface area (Å²) in [7, 11) is 2.93. The molecule has 4 amide bonds. The van der Waals surface area contributed by atoms with Crippen LogP contribution in [0.15, 0.2) is 91.3 Å². The molecule has 7 rings (SSSR count). The molecular weight excluding hydrogens is 765 g/mol. The summed E-state index contributed by atoms with van der Waals surface area (Å²) in [6.45, 7) is 7.33. The van der Waals surface area contributed by atoms with Crippen molar-refractivity contribution in [3.05, 3.63) is 108 Å². The van der Waals surface area contributed by atoms with Crippen molar-refractivity contribution in [2.24, 2.45) is 17.8 Å². The number of ether oxygens (including phenoxy) is 2. The van der Waals surface area contributed by atoms with Gasteiger partial charge in [0.2, 0.25) is 5.91 Å². The number of amides is 4. The number of aromatic amines is 2. The predicted octanol–water partition coefficient (Wildman–Crippen LogP) is 6.97. The minimum absolute atomic E-state index is 0.115. The molecule has 60 heavy (non-hydrogen) atoms. The first-order valence-electron chi connectivity index (χ1n) is 20.2. The van der Waals surface area contributed by atoms with E-state index in [1.165, 1.54) is 7.11 Å². The van der Waals surface area contributed by atoms with E-state index in [1.807, 2.05) is 44.2 Å². The van der Waals surface area contributed by atoms with E-state index in [-0.39, 0.29) is 41.7 Å². The third-order valence-corrected chi connectivity index (χ3v) is 11.5. The normalized spacial score (nSPS) is 19.9. The molecule has 2 aromatic heterocycles. The van der Waals surface area contributed by atoms with Gasteiger partial charge in [-0.2, -0.15) is 0 Å². The maximum absolute atomic E-state index is 13.9. The first-order chi connectivity index (χ1) is 28.9. The number of carbonyl (C=O) groups is 4. The lowest BCUT2D eigenvalue weighted by Crippen LogP contribution is -2.51. The Morgan fingerprint density at radius 3 is 1.80 bits per heavy atom. The number of carboxylic acid groups (broad SMARTS) is 1. The van der Waals surface area contributed by atoms with Crippen LogP contribution in [-0.4, -0.2) is 98.8 Å². The molecule has 5 N–H and O–H groups in total. The monoisotopic (exact) mass is 816 g/mol. The number of methoxy groups -OCH3 is 2. The Labute approximate surface area is 348 Å². The van der Waals surface area contributed by atoms with E-state index in [0.29, 0.717) is 49.8 Å². The molecular formula is C45H52N8O7. The third-order valence-electron chi connectivity index (χ3n) is 11.5. The largest absolute Gasteiger partial charge is 0.465 e. The van der Waals surface area contributed by atoms with Gasteiger partial charge in [0.15, 0.2) is 0 Å². The second-order valence-corrected chi connectivity index (χ2v) is 16.1. The molecule has 5 aromatic rings. The van der Waals surface area contributed by atoms with Gasteiger partial charge in [-0.25, -0.2) is 19.6 Å². The zero-order chi connectivity index (χ0) is 42.5. The minimum Gasteiger partial charge on any atom is -0.465 e. The second-order valence-electron chi connectivity index (χ2n) is 16.1. The van der Waals surface area contributed by atoms with Crippen LogP contribution in [0.2, 0.25) is 0 Å². The van der Waals surface area contributed by atoms with Crippen molar-refractivity contribution in [3.8, 4) is 33.6 Å². The van der Waals surface area contributed by atoms with Gasteiger partial charge in [0.05, 0.1) is 49.6 Å². The Bertz CT molecular complexity index is 2270. The molecule has 2 fully saturated rings. The third kappa shape index (κ3) is 9.05. The van der Waals surface area contributed by atoms with Crippen LogP contribution in [0, 0.1) is 17.8 Å². The average Bonchev–Trinajstić information content (AvgIpc) is 4.09. The summed E-state index contributed by atoms with van der Waals surface area (Å²) in [6, 6.07) is 22.8. The van der Waals surface area contributed by atoms with Gasteiger partial charge in [0.25, 0.3) is 5.91 Å². The van der Waals surface area contributed by atoms with Crippen LogP contribution < -0.4 is 10.6 Å². The summed E-state index contributed by atoms with van der Waals surface area (Å²) in [5, 5.41) is 14.7. The molecule has 6 atom stereocenters. The van der Waals surface area contributed by atoms with Gasteiger partial charge < -0.3 is 45.0 Å². The molecule has 0 aliphatic carbocycles. The van der Waals surface area contributed by atoms with E-state index in [2.05, 4.69) is 51.8 Å². The Balaban J connectivity index is 1.03. The van der Waals surface area contributed by atoms with Crippen molar-refractivity contribution >= 4 is 24.0 Å². The van der Waals surface area contributed by atoms with Crippen LogP contribution in [0.1, 0.15) is 69.0 Å². The number of aromatic nitrogens is 4. The molecule has 4 heterocycles. The lowest BCUT2D eigenvalue weighted by molar-refractivity contribution is -0.136. The fourth-order valence-corrected chi connectivity index (χ4v) is 8.42. The molecule has 0 spiro atoms. The quantitative estimate of drug-likeness (QED) is 0.0834. The van der Waals surface area contributed by atoms with Crippen molar-refractivity contribution in [1.29, 1.82) is 0 Å². The van der Waals surface area contributed by atoms with Gasteiger partial charge in [-0.3, -0.25) is 9.59 Å². The van der Waals surface area contributed by atoms with Gasteiger partial charge in [-0.05, 0) is 52.5 Å². The highest BCUT2D eigenvalue weighted by molar-refractivity contribution is 5.88. The molecule has 2 aliphatic rings. The average molecular weight is 817 g/mol. The van der Waals surface area contributed by atoms with Crippen molar-refractivity contribution < 1.29 is 33.8 Å². The van der Waals surface area contributed by atoms with E-state index >= 15 is 0 Å². The van der Waals surface area contributed by atoms with Gasteiger partial charge in [-0.1, -0.05) is 99.6 Å². The molecule has 0 radical (unpaired) electrons. The zero-order valence-electron chi connectivity index (χ0n) is 34.4. The molecule has 2 saturated heterocycles. The summed E-state index contributed by atoms with van der Waals surface area (Å²) in [5.74, 6) is 1.000. The van der Waals surface area contributed by atoms with Gasteiger partial charge >= 0.3 is 12.2 Å². The number of alkyl carbamates (subject to hydrolysis) is 1. The standard InChI is InChI=1S/C45H52N8O7/c1-26(2)38(51-45(58)60-5)42(54)53-24-28(25-59-4)20-37(53)41-47-22-35(49-41)32-17-13-30(14-18-32)29-11-15-31(16-12-29)34-21-46-40(48-34)36-19-27(3)23-52(36)43(55)39(50-44(56)57)33-9-7-6-8-10-33/h6-18,21-22,26-28,36-39,50H,19-20,23-25H2,1-5H3,(H,46,48)(H,47,49)(H,51,58)(H,56,57)/t27-,28-,36-,37-,38-,39+/m0/s1. The number of carbonyl (C=O) groups excluding carboxylic acids is 3. The van der Waals surface area contributed by atoms with Crippen molar-refractivity contribution in [2.45, 2.75) is 57.8 Å². The summed E-state index contributed by atoms with van der Waals surface area (Å²) in [6.07, 6.45) is 3.01. The van der Waals surface area contributed by atoms with Crippen LogP contribution in [0.25, 0.3) is 33.6 Å². The Kier molecular flexibility index (Phi) is 12.6. The summed E-state index contributed by atoms with van der Waals surface area (Å²) in [5.41, 5.74) is 6.15. The molecule has 3 aromatic carbocycles. The van der Waals surface area contributed by atoms with E-state index in [4.69, 9.17) is 19.4 Å². The van der Waals surface area contributed by atoms with Crippen molar-refractivity contribution in [2.75, 3.05) is 33.9 Å². The number of likely N-dealkylation sites (tertiary alicyclic amines) is 2. The lowest BCUT2D eigenvalue weighted by atomic mass is 10.0. The Morgan fingerprint density at radius 2 is 1.28 bits per heavy atom. The molecule has 2 aliphatic heterocycles. The smallest absolute Gasteiger partial charge is 0.407 e. The zero-order valence-corrected chi connectivity index (χ0v) is 34.4. The number of hydrogen-bond donors (Lipinski definition) is 5. The summed E-state index contributed by atoms with van der Waals surface area (Å²) >= 11 is 0. The maximum atomic E-state index is 13.9. The molecule has 15 nitrogen and oxygen atoms in total. The number of imidazole rings is 2. The van der Waals surface area contributed by atoms with Crippen LogP contribution in [0.3, 0.4) is 0 Å². The topological polar surface area (TPSA) is 195 Å². The molecule has 314 valence electrons. The molecule has 0 bridgehead atoms. The minimum atomic E-state index is -1.26. The number of benzene rings is 3. The van der Waals surface area contributed by atoms with Crippen molar-refractivity contribution in [3.63, 3.8) is 0 Å². The number of nitrogens with zero attached hydrogens (tertiary/aromatic N) is 4. The first-order valence-corrected chi connectivity index (χ1v) is 20.2. The second kappa shape index (κ2) is 18.2. The lowest BCUT2D eigenvalue weighted by Gasteiger charge is -2.30. The van der Waals surface area contributed by atoms with E-state index in [1.54, 1.807) is 53.6 Å². The summed E-state index contributed by atoms with van der Waals surface area (Å²) in [4.78, 5) is 71.3. The SMILES string of the molecule is COC[C@H]1C[C@@H](c2ncc(-c3ccc(-c4ccc(-c5cnc([C@@H]6C[C@H](C)CN6C(=O)[C@H](NC(=O)O)c6ccccc6)[nH]5)cc4)cc3)[nH]2)N(C(=O)[C@@H](NC(=O)OC)C(C)C)C1. The van der Waals surface area contributed by atoms with Crippen LogP contribution in [-0.2, 0) is 19.1 Å². The fraction of sp³-hybridized carbons (Fsp3) is 0.378. The summed E-state index contributed by atoms with van der Waals surface area (Å²) < 4.78 is 10.2. The van der Waals surface area contributed by atoms with Crippen LogP contribution >= 0.6 is 0 Å². The van der Waals surface area contributed by atoms with Gasteiger partial charge in [0, 0.05) is 26.1 Å². The molecule has 15 heteroatoms. The molecule has 0 unspecified atom stereocenters. The van der Waals surface area contributed by atoms with Crippen molar-refractivity contribution in [1.82, 2.24) is 40.4 Å². The number of hydrogen-bond acceptors (Lipinski definition) is 8. The van der Waals surface area contributed by atoms with Gasteiger partial charge in [-0.15, -0.1) is 0 Å². The van der Waals surface area contributed by atoms with E-state index in [9.17, 15) is 24.3 Å². The highest BCUT2D eigenvalue weighted by Gasteiger charge is 2.42.